The molecule has 6 heteroatoms. The van der Waals surface area contributed by atoms with Crippen LogP contribution in [-0.4, -0.2) is 35.0 Å². The smallest absolute Gasteiger partial charge is 0.231 e. The number of hydrogen-bond donors (Lipinski definition) is 0. The first-order valence-electron chi connectivity index (χ1n) is 8.25. The minimum Gasteiger partial charge on any atom is -0.454 e. The summed E-state index contributed by atoms with van der Waals surface area (Å²) >= 11 is 0. The van der Waals surface area contributed by atoms with Gasteiger partial charge in [-0.05, 0) is 37.1 Å². The first kappa shape index (κ1) is 14.5. The van der Waals surface area contributed by atoms with Crippen LogP contribution in [0.3, 0.4) is 0 Å². The van der Waals surface area contributed by atoms with Crippen LogP contribution in [0.5, 0.6) is 11.5 Å². The summed E-state index contributed by atoms with van der Waals surface area (Å²) in [4.78, 5) is 2.42. The van der Waals surface area contributed by atoms with Gasteiger partial charge in [0.1, 0.15) is 0 Å². The second-order valence-electron chi connectivity index (χ2n) is 6.19. The highest BCUT2D eigenvalue weighted by molar-refractivity contribution is 5.44. The summed E-state index contributed by atoms with van der Waals surface area (Å²) in [6, 6.07) is 6.16. The number of aromatic nitrogens is 2. The van der Waals surface area contributed by atoms with Gasteiger partial charge in [0.15, 0.2) is 11.5 Å². The normalized spacial score (nSPS) is 20.3. The minimum absolute atomic E-state index is 0.321. The number of fused-ring (bicyclic) bond motifs is 1. The highest BCUT2D eigenvalue weighted by atomic mass is 16.7. The Hall–Kier alpha value is -2.08. The molecule has 0 spiro atoms. The summed E-state index contributed by atoms with van der Waals surface area (Å²) in [7, 11) is 0. The molecule has 23 heavy (non-hydrogen) atoms. The maximum atomic E-state index is 5.78. The Labute approximate surface area is 135 Å². The number of rotatable bonds is 5. The van der Waals surface area contributed by atoms with E-state index in [1.807, 2.05) is 6.07 Å². The fraction of sp³-hybridized carbons (Fsp3) is 0.529. The fourth-order valence-electron chi connectivity index (χ4n) is 3.22. The number of hydrogen-bond acceptors (Lipinski definition) is 6. The fourth-order valence-corrected chi connectivity index (χ4v) is 3.22. The van der Waals surface area contributed by atoms with Crippen LogP contribution >= 0.6 is 0 Å². The Bertz CT molecular complexity index is 685. The van der Waals surface area contributed by atoms with Gasteiger partial charge in [0.25, 0.3) is 0 Å². The van der Waals surface area contributed by atoms with Crippen LogP contribution in [0.1, 0.15) is 43.0 Å². The van der Waals surface area contributed by atoms with Crippen LogP contribution in [0, 0.1) is 0 Å². The molecule has 2 aromatic rings. The molecule has 0 unspecified atom stereocenters. The molecule has 122 valence electrons. The summed E-state index contributed by atoms with van der Waals surface area (Å²) in [5.41, 5.74) is 1.24. The molecule has 1 saturated heterocycles. The molecule has 2 aliphatic heterocycles. The second kappa shape index (κ2) is 6.20. The van der Waals surface area contributed by atoms with Gasteiger partial charge in [0, 0.05) is 19.5 Å². The zero-order valence-corrected chi connectivity index (χ0v) is 13.3. The van der Waals surface area contributed by atoms with Crippen molar-refractivity contribution in [3.8, 4) is 11.5 Å². The van der Waals surface area contributed by atoms with E-state index in [1.54, 1.807) is 0 Å². The molecule has 1 aromatic carbocycles. The van der Waals surface area contributed by atoms with Crippen molar-refractivity contribution in [2.75, 3.05) is 19.9 Å². The van der Waals surface area contributed by atoms with Gasteiger partial charge in [-0.25, -0.2) is 0 Å². The highest BCUT2D eigenvalue weighted by Crippen LogP contribution is 2.34. The zero-order valence-electron chi connectivity index (χ0n) is 13.3. The maximum absolute atomic E-state index is 5.78. The largest absolute Gasteiger partial charge is 0.454 e. The molecule has 6 nitrogen and oxygen atoms in total. The average Bonchev–Trinajstić information content (AvgIpc) is 3.26. The van der Waals surface area contributed by atoms with E-state index >= 15 is 0 Å². The van der Waals surface area contributed by atoms with Crippen molar-refractivity contribution in [3.05, 3.63) is 35.5 Å². The third kappa shape index (κ3) is 3.03. The van der Waals surface area contributed by atoms with Crippen LogP contribution in [0.25, 0.3) is 0 Å². The second-order valence-corrected chi connectivity index (χ2v) is 6.19. The van der Waals surface area contributed by atoms with Gasteiger partial charge < -0.3 is 13.9 Å². The summed E-state index contributed by atoms with van der Waals surface area (Å²) in [6.07, 6.45) is 2.96. The molecule has 0 radical (unpaired) electrons. The number of ether oxygens (including phenoxy) is 2. The van der Waals surface area contributed by atoms with E-state index < -0.39 is 0 Å². The lowest BCUT2D eigenvalue weighted by molar-refractivity contribution is 0.174. The monoisotopic (exact) mass is 315 g/mol. The van der Waals surface area contributed by atoms with Crippen molar-refractivity contribution in [1.82, 2.24) is 15.1 Å². The third-order valence-electron chi connectivity index (χ3n) is 4.41. The molecular formula is C17H21N3O3. The van der Waals surface area contributed by atoms with Crippen LogP contribution in [-0.2, 0) is 13.0 Å². The van der Waals surface area contributed by atoms with Gasteiger partial charge >= 0.3 is 0 Å². The molecule has 0 bridgehead atoms. The molecular weight excluding hydrogens is 294 g/mol. The number of aryl methyl sites for hydroxylation is 1. The van der Waals surface area contributed by atoms with Gasteiger partial charge in [-0.3, -0.25) is 4.90 Å². The van der Waals surface area contributed by atoms with E-state index in [0.29, 0.717) is 12.7 Å². The zero-order chi connectivity index (χ0) is 15.6. The van der Waals surface area contributed by atoms with Crippen molar-refractivity contribution in [2.24, 2.45) is 0 Å². The van der Waals surface area contributed by atoms with Crippen LogP contribution < -0.4 is 9.47 Å². The third-order valence-corrected chi connectivity index (χ3v) is 4.41. The molecule has 0 N–H and O–H groups in total. The van der Waals surface area contributed by atoms with Crippen molar-refractivity contribution < 1.29 is 13.9 Å². The maximum Gasteiger partial charge on any atom is 0.231 e. The molecule has 3 heterocycles. The Morgan fingerprint density at radius 2 is 2.13 bits per heavy atom. The predicted octanol–water partition coefficient (Wildman–Crippen LogP) is 2.74. The number of benzene rings is 1. The van der Waals surface area contributed by atoms with E-state index in [0.717, 1.165) is 62.2 Å². The van der Waals surface area contributed by atoms with Crippen molar-refractivity contribution in [2.45, 2.75) is 38.6 Å². The van der Waals surface area contributed by atoms with Crippen molar-refractivity contribution >= 4 is 0 Å². The Morgan fingerprint density at radius 3 is 3.04 bits per heavy atom. The van der Waals surface area contributed by atoms with Gasteiger partial charge in [-0.15, -0.1) is 10.2 Å². The van der Waals surface area contributed by atoms with E-state index in [9.17, 15) is 0 Å². The van der Waals surface area contributed by atoms with Crippen LogP contribution in [0.4, 0.5) is 0 Å². The molecule has 1 fully saturated rings. The predicted molar refractivity (Wildman–Crippen MR) is 83.5 cm³/mol. The SMILES string of the molecule is CCCc1nnc([C@H]2CCN(Cc3ccc4c(c3)OCO4)C2)o1. The van der Waals surface area contributed by atoms with E-state index in [4.69, 9.17) is 13.9 Å². The number of nitrogens with zero attached hydrogens (tertiary/aromatic N) is 3. The van der Waals surface area contributed by atoms with E-state index in [2.05, 4.69) is 34.2 Å². The van der Waals surface area contributed by atoms with Crippen molar-refractivity contribution in [1.29, 1.82) is 0 Å². The summed E-state index contributed by atoms with van der Waals surface area (Å²) in [5, 5.41) is 8.36. The molecule has 2 aliphatic rings. The Morgan fingerprint density at radius 1 is 1.22 bits per heavy atom. The van der Waals surface area contributed by atoms with E-state index in [1.165, 1.54) is 5.56 Å². The topological polar surface area (TPSA) is 60.6 Å². The van der Waals surface area contributed by atoms with Gasteiger partial charge in [-0.2, -0.15) is 0 Å². The van der Waals surface area contributed by atoms with Crippen LogP contribution in [0.2, 0.25) is 0 Å². The Balaban J connectivity index is 1.38. The average molecular weight is 315 g/mol. The standard InChI is InChI=1S/C17H21N3O3/c1-2-3-16-18-19-17(23-16)13-6-7-20(10-13)9-12-4-5-14-15(8-12)22-11-21-14/h4-5,8,13H,2-3,6-7,9-11H2,1H3/t13-/m0/s1. The summed E-state index contributed by atoms with van der Waals surface area (Å²) < 4.78 is 16.6. The lowest BCUT2D eigenvalue weighted by Crippen LogP contribution is -2.19. The van der Waals surface area contributed by atoms with Crippen molar-refractivity contribution in [3.63, 3.8) is 0 Å². The van der Waals surface area contributed by atoms with Gasteiger partial charge in [0.2, 0.25) is 18.6 Å². The first-order chi connectivity index (χ1) is 11.3. The quantitative estimate of drug-likeness (QED) is 0.845. The molecule has 0 saturated carbocycles. The minimum atomic E-state index is 0.321. The van der Waals surface area contributed by atoms with E-state index in [-0.39, 0.29) is 0 Å². The highest BCUT2D eigenvalue weighted by Gasteiger charge is 2.28. The molecule has 0 aliphatic carbocycles. The lowest BCUT2D eigenvalue weighted by Gasteiger charge is -2.15. The van der Waals surface area contributed by atoms with Gasteiger partial charge in [0.05, 0.1) is 5.92 Å². The van der Waals surface area contributed by atoms with Crippen LogP contribution in [0.15, 0.2) is 22.6 Å². The summed E-state index contributed by atoms with van der Waals surface area (Å²) in [5.74, 6) is 3.59. The van der Waals surface area contributed by atoms with Gasteiger partial charge in [-0.1, -0.05) is 13.0 Å². The summed E-state index contributed by atoms with van der Waals surface area (Å²) in [6.45, 7) is 5.35. The molecule has 1 atom stereocenters. The molecule has 4 rings (SSSR count). The lowest BCUT2D eigenvalue weighted by atomic mass is 10.1. The molecule has 1 aromatic heterocycles. The molecule has 0 amide bonds. The Kier molecular flexibility index (Phi) is 3.91. The first-order valence-corrected chi connectivity index (χ1v) is 8.25. The number of likely N-dealkylation sites (tertiary alicyclic amines) is 1.